The van der Waals surface area contributed by atoms with Gasteiger partial charge in [0.1, 0.15) is 5.82 Å². The van der Waals surface area contributed by atoms with Crippen molar-refractivity contribution in [2.75, 3.05) is 0 Å². The quantitative estimate of drug-likeness (QED) is 0.478. The van der Waals surface area contributed by atoms with Gasteiger partial charge in [0.2, 0.25) is 0 Å². The first kappa shape index (κ1) is 20.7. The van der Waals surface area contributed by atoms with Gasteiger partial charge in [-0.1, -0.05) is 43.4 Å². The van der Waals surface area contributed by atoms with Crippen LogP contribution >= 0.6 is 11.6 Å². The number of hydrogen-bond donors (Lipinski definition) is 2. The first-order valence-corrected chi connectivity index (χ1v) is 7.32. The van der Waals surface area contributed by atoms with E-state index in [1.165, 1.54) is 18.2 Å². The van der Waals surface area contributed by atoms with Crippen molar-refractivity contribution in [3.05, 3.63) is 40.7 Å². The first-order valence-electron chi connectivity index (χ1n) is 6.94. The zero-order chi connectivity index (χ0) is 17.7. The van der Waals surface area contributed by atoms with Crippen LogP contribution in [0.15, 0.2) is 24.3 Å². The Balaban J connectivity index is 0.000000438. The molecule has 0 aromatic heterocycles. The number of unbranched alkanes of at least 4 members (excludes halogenated alkanes) is 3. The molecule has 0 heterocycles. The molecule has 0 unspecified atom stereocenters. The van der Waals surface area contributed by atoms with Gasteiger partial charge in [0, 0.05) is 29.0 Å². The highest BCUT2D eigenvalue weighted by Gasteiger charge is 1.99. The maximum Gasteiger partial charge on any atom is 0.381 e. The van der Waals surface area contributed by atoms with Gasteiger partial charge in [-0.3, -0.25) is 0 Å². The lowest BCUT2D eigenvalue weighted by Gasteiger charge is -1.95. The van der Waals surface area contributed by atoms with Crippen molar-refractivity contribution >= 4 is 29.6 Å². The average molecular weight is 341 g/mol. The normalized spacial score (nSPS) is 9.52. The highest BCUT2D eigenvalue weighted by molar-refractivity contribution is 6.30. The van der Waals surface area contributed by atoms with Crippen molar-refractivity contribution in [1.82, 2.24) is 0 Å². The Morgan fingerprint density at radius 3 is 2.52 bits per heavy atom. The summed E-state index contributed by atoms with van der Waals surface area (Å²) >= 11 is 5.50. The molecular weight excluding hydrogens is 323 g/mol. The fourth-order valence-electron chi connectivity index (χ4n) is 1.40. The smallest absolute Gasteiger partial charge is 0.381 e. The number of hydrogen-bond acceptors (Lipinski definition) is 2. The molecule has 0 atom stereocenters. The second-order valence-corrected chi connectivity index (χ2v) is 4.84. The Morgan fingerprint density at radius 2 is 2.00 bits per heavy atom. The molecule has 1 rings (SSSR count). The highest BCUT2D eigenvalue weighted by Crippen LogP contribution is 2.15. The molecule has 0 spiro atoms. The van der Waals surface area contributed by atoms with Crippen LogP contribution in [0.25, 0.3) is 6.08 Å². The number of rotatable bonds is 5. The van der Waals surface area contributed by atoms with Gasteiger partial charge in [-0.15, -0.1) is 0 Å². The molecule has 0 aliphatic rings. The maximum absolute atomic E-state index is 13.0. The molecule has 124 valence electrons. The number of carbonyl (C=O) groups is 2. The van der Waals surface area contributed by atoms with Gasteiger partial charge in [0.25, 0.3) is 0 Å². The van der Waals surface area contributed by atoms with Crippen LogP contribution in [0.4, 0.5) is 4.39 Å². The first-order chi connectivity index (χ1) is 10.9. The fourth-order valence-corrected chi connectivity index (χ4v) is 1.56. The average Bonchev–Trinajstić information content (AvgIpc) is 2.46. The third kappa shape index (κ3) is 12.0. The minimum atomic E-state index is -1.12. The minimum absolute atomic E-state index is 0.201. The molecule has 0 aliphatic heterocycles. The molecule has 0 aliphatic carbocycles. The van der Waals surface area contributed by atoms with Gasteiger partial charge in [0.15, 0.2) is 0 Å². The van der Waals surface area contributed by atoms with Crippen LogP contribution in [0.1, 0.15) is 38.2 Å². The Labute approximate surface area is 139 Å². The van der Waals surface area contributed by atoms with E-state index in [1.54, 1.807) is 0 Å². The lowest BCUT2D eigenvalue weighted by atomic mass is 10.2. The van der Waals surface area contributed by atoms with Gasteiger partial charge >= 0.3 is 11.9 Å². The number of carboxylic acid groups (broad SMARTS) is 2. The highest BCUT2D eigenvalue weighted by atomic mass is 35.5. The number of halogens is 2. The number of carboxylic acids is 2. The second kappa shape index (κ2) is 12.2. The van der Waals surface area contributed by atoms with Crippen LogP contribution in [0, 0.1) is 17.7 Å². The molecule has 0 saturated carbocycles. The third-order valence-electron chi connectivity index (χ3n) is 2.47. The van der Waals surface area contributed by atoms with Gasteiger partial charge in [-0.2, -0.15) is 0 Å². The van der Waals surface area contributed by atoms with Crippen molar-refractivity contribution in [2.45, 2.75) is 32.6 Å². The monoisotopic (exact) mass is 340 g/mol. The predicted octanol–water partition coefficient (Wildman–Crippen LogP) is 4.23. The minimum Gasteiger partial charge on any atom is -0.478 e. The van der Waals surface area contributed by atoms with Gasteiger partial charge in [-0.05, 0) is 24.6 Å². The standard InChI is InChI=1S/C9H6ClFO2.C8H12O2/c10-7-3-1-6(8(11)5-7)2-4-9(12)13;1-2-3-4-5-6-7-8(9)10/h1-5H,(H,12,13);2-5H2,1H3,(H,9,10). The Kier molecular flexibility index (Phi) is 11.0. The molecule has 1 aromatic rings. The summed E-state index contributed by atoms with van der Waals surface area (Å²) in [7, 11) is 0. The van der Waals surface area contributed by atoms with Crippen LogP contribution in [0.2, 0.25) is 5.02 Å². The fraction of sp³-hybridized carbons (Fsp3) is 0.294. The number of aliphatic carboxylic acids is 2. The van der Waals surface area contributed by atoms with E-state index < -0.39 is 17.8 Å². The van der Waals surface area contributed by atoms with E-state index in [4.69, 9.17) is 21.8 Å². The van der Waals surface area contributed by atoms with Gasteiger partial charge in [-0.25, -0.2) is 14.0 Å². The Hall–Kier alpha value is -2.32. The summed E-state index contributed by atoms with van der Waals surface area (Å²) in [4.78, 5) is 20.0. The second-order valence-electron chi connectivity index (χ2n) is 4.40. The van der Waals surface area contributed by atoms with Crippen LogP contribution in [-0.4, -0.2) is 22.2 Å². The van der Waals surface area contributed by atoms with Crippen molar-refractivity contribution in [1.29, 1.82) is 0 Å². The van der Waals surface area contributed by atoms with Gasteiger partial charge < -0.3 is 10.2 Å². The zero-order valence-corrected chi connectivity index (χ0v) is 13.4. The molecule has 0 amide bonds. The molecule has 0 saturated heterocycles. The van der Waals surface area contributed by atoms with E-state index in [9.17, 15) is 14.0 Å². The Morgan fingerprint density at radius 1 is 1.30 bits per heavy atom. The van der Waals surface area contributed by atoms with E-state index in [0.717, 1.165) is 31.4 Å². The SMILES string of the molecule is CCCCCC#CC(=O)O.O=C(O)C=Cc1ccc(Cl)cc1F. The zero-order valence-electron chi connectivity index (χ0n) is 12.7. The molecule has 2 N–H and O–H groups in total. The summed E-state index contributed by atoms with van der Waals surface area (Å²) in [5, 5.41) is 16.7. The van der Waals surface area contributed by atoms with Crippen molar-refractivity contribution in [3.8, 4) is 11.8 Å². The van der Waals surface area contributed by atoms with Crippen molar-refractivity contribution < 1.29 is 24.2 Å². The molecular formula is C17H18ClFO4. The topological polar surface area (TPSA) is 74.6 Å². The number of benzene rings is 1. The Bertz CT molecular complexity index is 615. The summed E-state index contributed by atoms with van der Waals surface area (Å²) < 4.78 is 13.0. The summed E-state index contributed by atoms with van der Waals surface area (Å²) in [5.74, 6) is 1.96. The molecule has 0 fully saturated rings. The van der Waals surface area contributed by atoms with Crippen LogP contribution in [0.5, 0.6) is 0 Å². The molecule has 0 radical (unpaired) electrons. The van der Waals surface area contributed by atoms with Crippen molar-refractivity contribution in [2.24, 2.45) is 0 Å². The van der Waals surface area contributed by atoms with E-state index in [-0.39, 0.29) is 10.6 Å². The van der Waals surface area contributed by atoms with E-state index in [1.807, 2.05) is 0 Å². The molecule has 23 heavy (non-hydrogen) atoms. The van der Waals surface area contributed by atoms with Crippen LogP contribution < -0.4 is 0 Å². The summed E-state index contributed by atoms with van der Waals surface area (Å²) in [6.45, 7) is 2.10. The summed E-state index contributed by atoms with van der Waals surface area (Å²) in [5.41, 5.74) is 0.201. The molecule has 6 heteroatoms. The van der Waals surface area contributed by atoms with E-state index in [2.05, 4.69) is 18.8 Å². The largest absolute Gasteiger partial charge is 0.478 e. The summed E-state index contributed by atoms with van der Waals surface area (Å²) in [6, 6.07) is 4.03. The summed E-state index contributed by atoms with van der Waals surface area (Å²) in [6.07, 6.45) is 6.04. The van der Waals surface area contributed by atoms with Crippen LogP contribution in [-0.2, 0) is 9.59 Å². The third-order valence-corrected chi connectivity index (χ3v) is 2.70. The van der Waals surface area contributed by atoms with E-state index >= 15 is 0 Å². The lowest BCUT2D eigenvalue weighted by molar-refractivity contribution is -0.132. The lowest BCUT2D eigenvalue weighted by Crippen LogP contribution is -1.87. The van der Waals surface area contributed by atoms with Crippen molar-refractivity contribution in [3.63, 3.8) is 0 Å². The predicted molar refractivity (Wildman–Crippen MR) is 87.6 cm³/mol. The van der Waals surface area contributed by atoms with Gasteiger partial charge in [0.05, 0.1) is 0 Å². The van der Waals surface area contributed by atoms with Crippen LogP contribution in [0.3, 0.4) is 0 Å². The molecule has 4 nitrogen and oxygen atoms in total. The molecule has 1 aromatic carbocycles. The maximum atomic E-state index is 13.0. The molecule has 0 bridgehead atoms. The van der Waals surface area contributed by atoms with E-state index in [0.29, 0.717) is 6.42 Å².